The molecule has 14 nitrogen and oxygen atoms in total. The van der Waals surface area contributed by atoms with Gasteiger partial charge in [0.15, 0.2) is 0 Å². The Hall–Kier alpha value is -4.14. The molecular formula is C39H53N5O9S. The van der Waals surface area contributed by atoms with Crippen LogP contribution in [0.5, 0.6) is 11.5 Å². The predicted molar refractivity (Wildman–Crippen MR) is 199 cm³/mol. The first kappa shape index (κ1) is 38.1. The average molecular weight is 768 g/mol. The lowest BCUT2D eigenvalue weighted by Gasteiger charge is -2.35. The van der Waals surface area contributed by atoms with E-state index in [2.05, 4.69) is 15.4 Å². The van der Waals surface area contributed by atoms with Gasteiger partial charge in [0.2, 0.25) is 21.8 Å². The summed E-state index contributed by atoms with van der Waals surface area (Å²) in [4.78, 5) is 62.2. The van der Waals surface area contributed by atoms with Crippen LogP contribution in [0.25, 0.3) is 10.9 Å². The number of aryl methyl sites for hydroxylation is 1. The Labute approximate surface area is 316 Å². The smallest absolute Gasteiger partial charge is 0.408 e. The molecule has 1 unspecified atom stereocenters. The lowest BCUT2D eigenvalue weighted by molar-refractivity contribution is -0.143. The molecule has 1 aromatic carbocycles. The number of rotatable bonds is 7. The Morgan fingerprint density at radius 3 is 2.54 bits per heavy atom. The van der Waals surface area contributed by atoms with Crippen molar-refractivity contribution in [2.45, 2.75) is 133 Å². The fourth-order valence-electron chi connectivity index (χ4n) is 8.08. The normalized spacial score (nSPS) is 30.4. The van der Waals surface area contributed by atoms with Crippen molar-refractivity contribution < 1.29 is 41.8 Å². The van der Waals surface area contributed by atoms with Gasteiger partial charge in [-0.15, -0.1) is 0 Å². The van der Waals surface area contributed by atoms with Gasteiger partial charge in [-0.2, -0.15) is 0 Å². The first-order valence-electron chi connectivity index (χ1n) is 19.4. The largest absolute Gasteiger partial charge is 0.497 e. The monoisotopic (exact) mass is 767 g/mol. The number of amides is 4. The molecule has 54 heavy (non-hydrogen) atoms. The summed E-state index contributed by atoms with van der Waals surface area (Å²) in [5.41, 5.74) is -0.613. The number of hydrogen-bond donors (Lipinski definition) is 3. The zero-order valence-corrected chi connectivity index (χ0v) is 32.6. The third kappa shape index (κ3) is 7.97. The molecule has 1 aromatic heterocycles. The Bertz CT molecular complexity index is 1930. The van der Waals surface area contributed by atoms with Crippen LogP contribution in [0.15, 0.2) is 24.3 Å². The van der Waals surface area contributed by atoms with E-state index in [4.69, 9.17) is 19.2 Å². The van der Waals surface area contributed by atoms with Crippen LogP contribution in [-0.2, 0) is 35.6 Å². The van der Waals surface area contributed by atoms with Gasteiger partial charge in [0.25, 0.3) is 5.91 Å². The van der Waals surface area contributed by atoms with Gasteiger partial charge in [0.1, 0.15) is 41.3 Å². The quantitative estimate of drug-likeness (QED) is 0.371. The molecule has 0 radical (unpaired) electrons. The molecule has 1 saturated heterocycles. The number of alkyl carbamates (subject to hydrolysis) is 1. The molecule has 3 saturated carbocycles. The Kier molecular flexibility index (Phi) is 10.2. The first-order chi connectivity index (χ1) is 25.6. The minimum absolute atomic E-state index is 0.0208. The number of sulfonamides is 1. The standard InChI is InChI=1S/C39H53N5O9S/c1-6-24-20-39(24,36(47)43-54(49,50)27-13-14-27)42-34(45)30-19-26-21-44(30)35(46)33(38(2,3)4)41-37(48)53-31-17-22(31)10-8-7-9-11-29-32(52-26)18-23-16-25(51-5)12-15-28(23)40-29/h12,15-16,18,22,24,26-27,30-31,33H,6-11,13-14,17,19-21H2,1-5H3,(H,41,48)(H,42,45)(H,43,47)/t22-,24-,26-,30+,31-,33-,39?/m1/s1. The molecule has 2 aromatic rings. The molecule has 3 heterocycles. The minimum Gasteiger partial charge on any atom is -0.497 e. The summed E-state index contributed by atoms with van der Waals surface area (Å²) in [5.74, 6) is -0.605. The van der Waals surface area contributed by atoms with Crippen molar-refractivity contribution in [2.75, 3.05) is 13.7 Å². The number of benzene rings is 1. The van der Waals surface area contributed by atoms with E-state index >= 15 is 0 Å². The molecule has 15 heteroatoms. The maximum Gasteiger partial charge on any atom is 0.408 e. The Balaban J connectivity index is 1.21. The molecule has 7 atom stereocenters. The van der Waals surface area contributed by atoms with E-state index in [0.717, 1.165) is 48.7 Å². The number of carbonyl (C=O) groups is 4. The van der Waals surface area contributed by atoms with Gasteiger partial charge in [0, 0.05) is 11.8 Å². The molecule has 3 aliphatic carbocycles. The Morgan fingerprint density at radius 2 is 1.85 bits per heavy atom. The summed E-state index contributed by atoms with van der Waals surface area (Å²) in [6.07, 6.45) is 5.55. The lowest BCUT2D eigenvalue weighted by atomic mass is 9.85. The second kappa shape index (κ2) is 14.5. The van der Waals surface area contributed by atoms with Crippen molar-refractivity contribution in [1.29, 1.82) is 0 Å². The van der Waals surface area contributed by atoms with Crippen molar-refractivity contribution in [1.82, 2.24) is 25.2 Å². The number of carbonyl (C=O) groups excluding carboxylic acids is 4. The molecule has 0 spiro atoms. The van der Waals surface area contributed by atoms with E-state index < -0.39 is 68.2 Å². The fraction of sp³-hybridized carbons (Fsp3) is 0.667. The summed E-state index contributed by atoms with van der Waals surface area (Å²) in [7, 11) is -2.26. The summed E-state index contributed by atoms with van der Waals surface area (Å²) < 4.78 is 45.7. The minimum atomic E-state index is -3.86. The van der Waals surface area contributed by atoms with Gasteiger partial charge >= 0.3 is 6.09 Å². The van der Waals surface area contributed by atoms with Crippen LogP contribution >= 0.6 is 0 Å². The number of nitrogens with one attached hydrogen (secondary N) is 3. The maximum atomic E-state index is 14.6. The van der Waals surface area contributed by atoms with Gasteiger partial charge in [-0.3, -0.25) is 19.1 Å². The highest BCUT2D eigenvalue weighted by Gasteiger charge is 2.62. The van der Waals surface area contributed by atoms with Crippen LogP contribution in [0, 0.1) is 17.3 Å². The molecule has 7 rings (SSSR count). The van der Waals surface area contributed by atoms with Crippen molar-refractivity contribution in [3.8, 4) is 11.5 Å². The molecule has 3 N–H and O–H groups in total. The molecule has 2 bridgehead atoms. The van der Waals surface area contributed by atoms with Crippen LogP contribution in [0.3, 0.4) is 0 Å². The SMILES string of the molecule is CC[C@@H]1CC1(NC(=O)[C@@H]1C[C@@H]2CN1C(=O)[C@H](C(C)(C)C)NC(=O)O[C@@H]1C[C@H]1CCCCCc1nc3ccc(OC)cc3cc1O2)C(=O)NS(=O)(=O)C1CC1. The van der Waals surface area contributed by atoms with Gasteiger partial charge in [-0.25, -0.2) is 18.2 Å². The van der Waals surface area contributed by atoms with Gasteiger partial charge in [-0.1, -0.05) is 47.0 Å². The van der Waals surface area contributed by atoms with Gasteiger partial charge < -0.3 is 29.7 Å². The third-order valence-electron chi connectivity index (χ3n) is 11.7. The number of hydrogen-bond acceptors (Lipinski definition) is 10. The highest BCUT2D eigenvalue weighted by atomic mass is 32.2. The van der Waals surface area contributed by atoms with Crippen LogP contribution in [0.1, 0.15) is 97.6 Å². The molecule has 4 fully saturated rings. The molecular weight excluding hydrogens is 715 g/mol. The second-order valence-corrected chi connectivity index (χ2v) is 18.9. The molecule has 294 valence electrons. The van der Waals surface area contributed by atoms with E-state index in [1.807, 2.05) is 52.0 Å². The average Bonchev–Trinajstić information content (AvgIpc) is 4.04. The van der Waals surface area contributed by atoms with Crippen molar-refractivity contribution in [3.63, 3.8) is 0 Å². The highest BCUT2D eigenvalue weighted by molar-refractivity contribution is 7.91. The van der Waals surface area contributed by atoms with Crippen LogP contribution in [0.2, 0.25) is 0 Å². The molecule has 5 aliphatic rings. The van der Waals surface area contributed by atoms with Crippen molar-refractivity contribution in [3.05, 3.63) is 30.0 Å². The number of aromatic nitrogens is 1. The number of ether oxygens (including phenoxy) is 3. The predicted octanol–water partition coefficient (Wildman–Crippen LogP) is 4.13. The van der Waals surface area contributed by atoms with Crippen molar-refractivity contribution in [2.24, 2.45) is 17.3 Å². The van der Waals surface area contributed by atoms with E-state index in [-0.39, 0.29) is 37.3 Å². The van der Waals surface area contributed by atoms with E-state index in [1.165, 1.54) is 4.90 Å². The highest BCUT2D eigenvalue weighted by Crippen LogP contribution is 2.47. The number of nitrogens with zero attached hydrogens (tertiary/aromatic N) is 2. The summed E-state index contributed by atoms with van der Waals surface area (Å²) in [6.45, 7) is 7.39. The van der Waals surface area contributed by atoms with Gasteiger partial charge in [0.05, 0.1) is 30.1 Å². The topological polar surface area (TPSA) is 182 Å². The van der Waals surface area contributed by atoms with E-state index in [9.17, 15) is 27.6 Å². The van der Waals surface area contributed by atoms with Crippen LogP contribution < -0.4 is 24.8 Å². The van der Waals surface area contributed by atoms with E-state index in [1.54, 1.807) is 7.11 Å². The molecule has 2 aliphatic heterocycles. The van der Waals surface area contributed by atoms with Crippen LogP contribution in [0.4, 0.5) is 4.79 Å². The maximum absolute atomic E-state index is 14.6. The summed E-state index contributed by atoms with van der Waals surface area (Å²) in [6, 6.07) is 5.46. The van der Waals surface area contributed by atoms with Gasteiger partial charge in [-0.05, 0) is 86.5 Å². The van der Waals surface area contributed by atoms with E-state index in [0.29, 0.717) is 37.2 Å². The number of fused-ring (bicyclic) bond motifs is 5. The second-order valence-electron chi connectivity index (χ2n) is 16.9. The third-order valence-corrected chi connectivity index (χ3v) is 13.5. The Morgan fingerprint density at radius 1 is 1.07 bits per heavy atom. The summed E-state index contributed by atoms with van der Waals surface area (Å²) >= 11 is 0. The zero-order valence-electron chi connectivity index (χ0n) is 31.8. The number of pyridine rings is 1. The zero-order chi connectivity index (χ0) is 38.6. The number of methoxy groups -OCH3 is 1. The lowest BCUT2D eigenvalue weighted by Crippen LogP contribution is -2.60. The van der Waals surface area contributed by atoms with Crippen LogP contribution in [-0.4, -0.2) is 90.9 Å². The first-order valence-corrected chi connectivity index (χ1v) is 21.0. The fourth-order valence-corrected chi connectivity index (χ4v) is 9.44. The van der Waals surface area contributed by atoms with Crippen molar-refractivity contribution >= 4 is 44.7 Å². The summed E-state index contributed by atoms with van der Waals surface area (Å²) in [5, 5.41) is 5.93. The molecule has 4 amide bonds.